The monoisotopic (exact) mass is 324 g/mol. The predicted molar refractivity (Wildman–Crippen MR) is 87.4 cm³/mol. The van der Waals surface area contributed by atoms with E-state index in [1.54, 1.807) is 25.1 Å². The second kappa shape index (κ2) is 5.58. The third-order valence-corrected chi connectivity index (χ3v) is 5.59. The van der Waals surface area contributed by atoms with Gasteiger partial charge in [-0.05, 0) is 43.7 Å². The number of halogens is 1. The van der Waals surface area contributed by atoms with Gasteiger partial charge < -0.3 is 5.73 Å². The molecule has 2 rings (SSSR count). The summed E-state index contributed by atoms with van der Waals surface area (Å²) in [6.45, 7) is 3.64. The Morgan fingerprint density at radius 2 is 1.67 bits per heavy atom. The number of aryl methyl sites for hydroxylation is 2. The van der Waals surface area contributed by atoms with E-state index in [-0.39, 0.29) is 10.6 Å². The quantitative estimate of drug-likeness (QED) is 0.880. The molecule has 0 heterocycles. The molecule has 0 aliphatic carbocycles. The molecule has 112 valence electrons. The van der Waals surface area contributed by atoms with Gasteiger partial charge in [0.1, 0.15) is 0 Å². The van der Waals surface area contributed by atoms with Crippen LogP contribution >= 0.6 is 11.6 Å². The number of hydrogen-bond acceptors (Lipinski definition) is 3. The molecule has 0 saturated carbocycles. The first-order valence-electron chi connectivity index (χ1n) is 6.34. The highest BCUT2D eigenvalue weighted by Gasteiger charge is 2.24. The summed E-state index contributed by atoms with van der Waals surface area (Å²) in [5.74, 6) is 0. The Kier molecular flexibility index (Phi) is 4.16. The average molecular weight is 325 g/mol. The van der Waals surface area contributed by atoms with Gasteiger partial charge in [-0.15, -0.1) is 0 Å². The van der Waals surface area contributed by atoms with Gasteiger partial charge in [0.05, 0.1) is 21.3 Å². The van der Waals surface area contributed by atoms with Crippen LogP contribution in [-0.2, 0) is 10.0 Å². The molecule has 0 radical (unpaired) electrons. The summed E-state index contributed by atoms with van der Waals surface area (Å²) >= 11 is 5.92. The Morgan fingerprint density at radius 1 is 1.10 bits per heavy atom. The lowest BCUT2D eigenvalue weighted by Crippen LogP contribution is -2.27. The molecule has 0 bridgehead atoms. The van der Waals surface area contributed by atoms with Gasteiger partial charge in [0, 0.05) is 7.05 Å². The first-order valence-corrected chi connectivity index (χ1v) is 8.16. The number of hydrogen-bond donors (Lipinski definition) is 1. The van der Waals surface area contributed by atoms with E-state index in [9.17, 15) is 8.42 Å². The molecule has 0 fully saturated rings. The third kappa shape index (κ3) is 2.99. The van der Waals surface area contributed by atoms with Gasteiger partial charge in [-0.1, -0.05) is 29.3 Å². The SMILES string of the molecule is Cc1ccc(N(C)S(=O)(=O)c2cc(N)c(Cl)cc2C)cc1. The highest BCUT2D eigenvalue weighted by Crippen LogP contribution is 2.29. The summed E-state index contributed by atoms with van der Waals surface area (Å²) in [7, 11) is -2.16. The molecule has 2 aromatic carbocycles. The number of rotatable bonds is 3. The number of nitrogen functional groups attached to an aromatic ring is 1. The van der Waals surface area contributed by atoms with Gasteiger partial charge in [0.15, 0.2) is 0 Å². The highest BCUT2D eigenvalue weighted by molar-refractivity contribution is 7.92. The van der Waals surface area contributed by atoms with Crippen molar-refractivity contribution in [2.45, 2.75) is 18.7 Å². The standard InChI is InChI=1S/C15H17ClN2O2S/c1-10-4-6-12(7-5-10)18(3)21(19,20)15-9-14(17)13(16)8-11(15)2/h4-9H,17H2,1-3H3. The molecule has 0 aliphatic heterocycles. The molecule has 0 atom stereocenters. The minimum absolute atomic E-state index is 0.160. The Hall–Kier alpha value is -1.72. The summed E-state index contributed by atoms with van der Waals surface area (Å²) in [4.78, 5) is 0.160. The smallest absolute Gasteiger partial charge is 0.264 e. The average Bonchev–Trinajstić information content (AvgIpc) is 2.42. The van der Waals surface area contributed by atoms with Crippen LogP contribution in [0.25, 0.3) is 0 Å². The zero-order chi connectivity index (χ0) is 15.8. The zero-order valence-corrected chi connectivity index (χ0v) is 13.7. The molecule has 2 N–H and O–H groups in total. The molecule has 0 aliphatic rings. The normalized spacial score (nSPS) is 11.4. The van der Waals surface area contributed by atoms with Crippen molar-refractivity contribution in [3.63, 3.8) is 0 Å². The summed E-state index contributed by atoms with van der Waals surface area (Å²) in [5.41, 5.74) is 8.20. The molecular weight excluding hydrogens is 308 g/mol. The number of nitrogens with zero attached hydrogens (tertiary/aromatic N) is 1. The van der Waals surface area contributed by atoms with Crippen LogP contribution in [0, 0.1) is 13.8 Å². The van der Waals surface area contributed by atoms with Crippen molar-refractivity contribution in [1.29, 1.82) is 0 Å². The first kappa shape index (κ1) is 15.7. The van der Waals surface area contributed by atoms with Crippen LogP contribution in [0.3, 0.4) is 0 Å². The summed E-state index contributed by atoms with van der Waals surface area (Å²) in [6, 6.07) is 10.2. The highest BCUT2D eigenvalue weighted by atomic mass is 35.5. The van der Waals surface area contributed by atoms with Crippen molar-refractivity contribution in [1.82, 2.24) is 0 Å². The molecule has 0 unspecified atom stereocenters. The lowest BCUT2D eigenvalue weighted by atomic mass is 10.2. The van der Waals surface area contributed by atoms with Crippen molar-refractivity contribution >= 4 is 33.0 Å². The number of benzene rings is 2. The van der Waals surface area contributed by atoms with Gasteiger partial charge in [0.25, 0.3) is 10.0 Å². The summed E-state index contributed by atoms with van der Waals surface area (Å²) < 4.78 is 26.7. The van der Waals surface area contributed by atoms with Gasteiger partial charge in [-0.3, -0.25) is 4.31 Å². The van der Waals surface area contributed by atoms with E-state index in [4.69, 9.17) is 17.3 Å². The summed E-state index contributed by atoms with van der Waals surface area (Å²) in [6.07, 6.45) is 0. The fourth-order valence-corrected chi connectivity index (χ4v) is 3.64. The van der Waals surface area contributed by atoms with Crippen LogP contribution in [0.4, 0.5) is 11.4 Å². The lowest BCUT2D eigenvalue weighted by Gasteiger charge is -2.21. The molecule has 6 heteroatoms. The maximum absolute atomic E-state index is 12.7. The maximum Gasteiger partial charge on any atom is 0.264 e. The van der Waals surface area contributed by atoms with Crippen LogP contribution < -0.4 is 10.0 Å². The minimum atomic E-state index is -3.68. The van der Waals surface area contributed by atoms with E-state index in [2.05, 4.69) is 0 Å². The predicted octanol–water partition coefficient (Wildman–Crippen LogP) is 3.36. The minimum Gasteiger partial charge on any atom is -0.397 e. The van der Waals surface area contributed by atoms with Crippen molar-refractivity contribution < 1.29 is 8.42 Å². The summed E-state index contributed by atoms with van der Waals surface area (Å²) in [5, 5.41) is 0.351. The van der Waals surface area contributed by atoms with E-state index in [0.29, 0.717) is 16.3 Å². The van der Waals surface area contributed by atoms with E-state index in [0.717, 1.165) is 5.56 Å². The first-order chi connectivity index (χ1) is 9.73. The molecule has 21 heavy (non-hydrogen) atoms. The van der Waals surface area contributed by atoms with Gasteiger partial charge in [0.2, 0.25) is 0 Å². The fourth-order valence-electron chi connectivity index (χ4n) is 1.99. The molecule has 0 amide bonds. The van der Waals surface area contributed by atoms with E-state index in [1.165, 1.54) is 17.4 Å². The molecule has 4 nitrogen and oxygen atoms in total. The maximum atomic E-state index is 12.7. The molecule has 2 aromatic rings. The van der Waals surface area contributed by atoms with Crippen LogP contribution in [-0.4, -0.2) is 15.5 Å². The van der Waals surface area contributed by atoms with Gasteiger partial charge in [-0.2, -0.15) is 0 Å². The van der Waals surface area contributed by atoms with Crippen LogP contribution in [0.5, 0.6) is 0 Å². The Morgan fingerprint density at radius 3 is 2.24 bits per heavy atom. The van der Waals surface area contributed by atoms with Crippen molar-refractivity contribution in [2.24, 2.45) is 0 Å². The van der Waals surface area contributed by atoms with Crippen molar-refractivity contribution in [3.05, 3.63) is 52.5 Å². The lowest BCUT2D eigenvalue weighted by molar-refractivity contribution is 0.594. The van der Waals surface area contributed by atoms with E-state index >= 15 is 0 Å². The third-order valence-electron chi connectivity index (χ3n) is 3.33. The largest absolute Gasteiger partial charge is 0.397 e. The number of anilines is 2. The van der Waals surface area contributed by atoms with Gasteiger partial charge >= 0.3 is 0 Å². The Balaban J connectivity index is 2.51. The topological polar surface area (TPSA) is 63.4 Å². The van der Waals surface area contributed by atoms with Gasteiger partial charge in [-0.25, -0.2) is 8.42 Å². The van der Waals surface area contributed by atoms with Crippen LogP contribution in [0.2, 0.25) is 5.02 Å². The van der Waals surface area contributed by atoms with E-state index in [1.807, 2.05) is 19.1 Å². The number of sulfonamides is 1. The van der Waals surface area contributed by atoms with Crippen molar-refractivity contribution in [2.75, 3.05) is 17.1 Å². The van der Waals surface area contributed by atoms with Crippen LogP contribution in [0.1, 0.15) is 11.1 Å². The second-order valence-corrected chi connectivity index (χ2v) is 7.29. The fraction of sp³-hybridized carbons (Fsp3) is 0.200. The molecule has 0 aromatic heterocycles. The van der Waals surface area contributed by atoms with Crippen LogP contribution in [0.15, 0.2) is 41.3 Å². The number of nitrogens with two attached hydrogens (primary N) is 1. The molecule has 0 spiro atoms. The molecular formula is C15H17ClN2O2S. The second-order valence-electron chi connectivity index (χ2n) is 4.95. The zero-order valence-electron chi connectivity index (χ0n) is 12.1. The Labute approximate surface area is 130 Å². The van der Waals surface area contributed by atoms with Crippen molar-refractivity contribution in [3.8, 4) is 0 Å². The molecule has 0 saturated heterocycles. The van der Waals surface area contributed by atoms with E-state index < -0.39 is 10.0 Å². The Bertz CT molecular complexity index is 771.